The van der Waals surface area contributed by atoms with E-state index in [2.05, 4.69) is 5.32 Å². The minimum Gasteiger partial charge on any atom is -0.464 e. The summed E-state index contributed by atoms with van der Waals surface area (Å²) in [6, 6.07) is 0. The standard InChI is InChI=1S/C10H15NO5S2/c1-6(12)15-4-3-11-10(14)9-8(5-17-18-9)16-7(2)13/h8-9H,3-5H2,1-2H3,(H,11,14)/t8-,9+/m1/s1. The Morgan fingerprint density at radius 1 is 1.28 bits per heavy atom. The van der Waals surface area contributed by atoms with Gasteiger partial charge >= 0.3 is 11.9 Å². The third kappa shape index (κ3) is 5.18. The van der Waals surface area contributed by atoms with E-state index in [1.165, 1.54) is 35.4 Å². The van der Waals surface area contributed by atoms with Crippen LogP contribution in [0.1, 0.15) is 13.8 Å². The molecule has 0 spiro atoms. The molecule has 1 saturated heterocycles. The fourth-order valence-electron chi connectivity index (χ4n) is 1.32. The van der Waals surface area contributed by atoms with Gasteiger partial charge in [-0.3, -0.25) is 14.4 Å². The van der Waals surface area contributed by atoms with E-state index in [0.717, 1.165) is 0 Å². The number of nitrogens with one attached hydrogen (secondary N) is 1. The van der Waals surface area contributed by atoms with Gasteiger partial charge in [0.2, 0.25) is 5.91 Å². The van der Waals surface area contributed by atoms with E-state index >= 15 is 0 Å². The van der Waals surface area contributed by atoms with E-state index in [1.54, 1.807) is 0 Å². The van der Waals surface area contributed by atoms with Gasteiger partial charge in [0.05, 0.1) is 6.54 Å². The molecule has 1 aliphatic heterocycles. The Morgan fingerprint density at radius 3 is 2.61 bits per heavy atom. The van der Waals surface area contributed by atoms with Gasteiger partial charge in [-0.15, -0.1) is 0 Å². The number of hydrogen-bond donors (Lipinski definition) is 1. The van der Waals surface area contributed by atoms with Gasteiger partial charge in [-0.2, -0.15) is 0 Å². The molecule has 1 aliphatic rings. The predicted octanol–water partition coefficient (Wildman–Crippen LogP) is 0.361. The van der Waals surface area contributed by atoms with Crippen molar-refractivity contribution in [2.24, 2.45) is 0 Å². The van der Waals surface area contributed by atoms with Crippen molar-refractivity contribution in [3.8, 4) is 0 Å². The molecule has 0 radical (unpaired) electrons. The summed E-state index contributed by atoms with van der Waals surface area (Å²) in [5.74, 6) is -0.372. The highest BCUT2D eigenvalue weighted by molar-refractivity contribution is 8.77. The highest BCUT2D eigenvalue weighted by Crippen LogP contribution is 2.39. The van der Waals surface area contributed by atoms with E-state index in [4.69, 9.17) is 9.47 Å². The van der Waals surface area contributed by atoms with Gasteiger partial charge in [0, 0.05) is 19.6 Å². The quantitative estimate of drug-likeness (QED) is 0.445. The average molecular weight is 293 g/mol. The van der Waals surface area contributed by atoms with Gasteiger partial charge < -0.3 is 14.8 Å². The molecule has 1 amide bonds. The molecule has 0 unspecified atom stereocenters. The van der Waals surface area contributed by atoms with Crippen LogP contribution in [0, 0.1) is 0 Å². The van der Waals surface area contributed by atoms with Crippen LogP contribution in [0.5, 0.6) is 0 Å². The lowest BCUT2D eigenvalue weighted by atomic mass is 10.2. The topological polar surface area (TPSA) is 81.7 Å². The Labute approximate surface area is 113 Å². The molecule has 18 heavy (non-hydrogen) atoms. The zero-order valence-electron chi connectivity index (χ0n) is 10.1. The van der Waals surface area contributed by atoms with Crippen molar-refractivity contribution in [2.45, 2.75) is 25.2 Å². The molecule has 2 atom stereocenters. The lowest BCUT2D eigenvalue weighted by Crippen LogP contribution is -2.41. The lowest BCUT2D eigenvalue weighted by molar-refractivity contribution is -0.146. The third-order valence-electron chi connectivity index (χ3n) is 2.02. The maximum absolute atomic E-state index is 11.8. The first-order valence-corrected chi connectivity index (χ1v) is 7.75. The van der Waals surface area contributed by atoms with Crippen molar-refractivity contribution in [2.75, 3.05) is 18.9 Å². The summed E-state index contributed by atoms with van der Waals surface area (Å²) in [6.07, 6.45) is -0.397. The molecule has 0 saturated carbocycles. The molecule has 1 rings (SSSR count). The largest absolute Gasteiger partial charge is 0.464 e. The van der Waals surface area contributed by atoms with Crippen LogP contribution in [0.2, 0.25) is 0 Å². The second-order valence-electron chi connectivity index (χ2n) is 3.58. The van der Waals surface area contributed by atoms with Crippen molar-refractivity contribution >= 4 is 39.4 Å². The molecule has 8 heteroatoms. The summed E-state index contributed by atoms with van der Waals surface area (Å²) in [5, 5.41) is 2.24. The normalized spacial score (nSPS) is 22.3. The molecule has 0 aromatic rings. The van der Waals surface area contributed by atoms with Crippen molar-refractivity contribution in [1.82, 2.24) is 5.32 Å². The minimum atomic E-state index is -0.406. The number of hydrogen-bond acceptors (Lipinski definition) is 7. The van der Waals surface area contributed by atoms with Gasteiger partial charge in [-0.25, -0.2) is 0 Å². The Bertz CT molecular complexity index is 336. The molecule has 6 nitrogen and oxygen atoms in total. The third-order valence-corrected chi connectivity index (χ3v) is 4.79. The Kier molecular flexibility index (Phi) is 6.34. The SMILES string of the molecule is CC(=O)OCCNC(=O)[C@H]1SSC[C@H]1OC(C)=O. The van der Waals surface area contributed by atoms with Gasteiger partial charge in [-0.1, -0.05) is 21.6 Å². The van der Waals surface area contributed by atoms with Gasteiger partial charge in [0.25, 0.3) is 0 Å². The first-order chi connectivity index (χ1) is 8.50. The second kappa shape index (κ2) is 7.52. The smallest absolute Gasteiger partial charge is 0.302 e. The van der Waals surface area contributed by atoms with Crippen LogP contribution in [-0.2, 0) is 23.9 Å². The summed E-state index contributed by atoms with van der Waals surface area (Å²) in [6.45, 7) is 3.03. The molecule has 0 aromatic carbocycles. The number of carbonyl (C=O) groups is 3. The fourth-order valence-corrected chi connectivity index (χ4v) is 4.22. The molecular formula is C10H15NO5S2. The lowest BCUT2D eigenvalue weighted by Gasteiger charge is -2.17. The van der Waals surface area contributed by atoms with E-state index in [1.807, 2.05) is 0 Å². The Hall–Kier alpha value is -0.890. The van der Waals surface area contributed by atoms with Crippen molar-refractivity contribution in [1.29, 1.82) is 0 Å². The number of esters is 2. The van der Waals surface area contributed by atoms with Gasteiger partial charge in [-0.05, 0) is 0 Å². The van der Waals surface area contributed by atoms with E-state index in [0.29, 0.717) is 5.75 Å². The maximum atomic E-state index is 11.8. The first-order valence-electron chi connectivity index (χ1n) is 5.37. The molecule has 102 valence electrons. The number of carbonyl (C=O) groups excluding carboxylic acids is 3. The number of ether oxygens (including phenoxy) is 2. The van der Waals surface area contributed by atoms with Crippen LogP contribution in [-0.4, -0.2) is 48.1 Å². The predicted molar refractivity (Wildman–Crippen MR) is 69.0 cm³/mol. The van der Waals surface area contributed by atoms with Crippen LogP contribution in [0.3, 0.4) is 0 Å². The van der Waals surface area contributed by atoms with Crippen molar-refractivity contribution < 1.29 is 23.9 Å². The van der Waals surface area contributed by atoms with Crippen LogP contribution in [0.25, 0.3) is 0 Å². The van der Waals surface area contributed by atoms with Crippen LogP contribution < -0.4 is 5.32 Å². The molecule has 1 fully saturated rings. The monoisotopic (exact) mass is 293 g/mol. The molecule has 1 heterocycles. The molecular weight excluding hydrogens is 278 g/mol. The summed E-state index contributed by atoms with van der Waals surface area (Å²) in [5.41, 5.74) is 0. The Balaban J connectivity index is 2.31. The average Bonchev–Trinajstić information content (AvgIpc) is 2.71. The van der Waals surface area contributed by atoms with E-state index < -0.39 is 11.4 Å². The highest BCUT2D eigenvalue weighted by Gasteiger charge is 2.36. The molecule has 0 aliphatic carbocycles. The summed E-state index contributed by atoms with van der Waals surface area (Å²) < 4.78 is 9.76. The van der Waals surface area contributed by atoms with Crippen molar-refractivity contribution in [3.05, 3.63) is 0 Å². The zero-order valence-corrected chi connectivity index (χ0v) is 11.8. The minimum absolute atomic E-state index is 0.143. The summed E-state index contributed by atoms with van der Waals surface area (Å²) >= 11 is 0. The van der Waals surface area contributed by atoms with Gasteiger partial charge in [0.1, 0.15) is 18.0 Å². The number of amides is 1. The summed E-state index contributed by atoms with van der Waals surface area (Å²) in [4.78, 5) is 33.2. The maximum Gasteiger partial charge on any atom is 0.302 e. The Morgan fingerprint density at radius 2 is 2.00 bits per heavy atom. The van der Waals surface area contributed by atoms with Crippen LogP contribution in [0.4, 0.5) is 0 Å². The summed E-state index contributed by atoms with van der Waals surface area (Å²) in [7, 11) is 2.88. The highest BCUT2D eigenvalue weighted by atomic mass is 33.1. The number of rotatable bonds is 5. The van der Waals surface area contributed by atoms with Crippen LogP contribution in [0.15, 0.2) is 0 Å². The van der Waals surface area contributed by atoms with E-state index in [9.17, 15) is 14.4 Å². The van der Waals surface area contributed by atoms with E-state index in [-0.39, 0.29) is 31.0 Å². The fraction of sp³-hybridized carbons (Fsp3) is 0.700. The van der Waals surface area contributed by atoms with Crippen LogP contribution >= 0.6 is 21.6 Å². The molecule has 1 N–H and O–H groups in total. The molecule has 0 aromatic heterocycles. The zero-order chi connectivity index (χ0) is 13.5. The first kappa shape index (κ1) is 15.2. The second-order valence-corrected chi connectivity index (χ2v) is 6.13. The molecule has 0 bridgehead atoms. The van der Waals surface area contributed by atoms with Crippen molar-refractivity contribution in [3.63, 3.8) is 0 Å². The van der Waals surface area contributed by atoms with Gasteiger partial charge in [0.15, 0.2) is 0 Å².